The quantitative estimate of drug-likeness (QED) is 0.764. The van der Waals surface area contributed by atoms with Crippen molar-refractivity contribution < 1.29 is 0 Å². The van der Waals surface area contributed by atoms with Crippen LogP contribution in [-0.2, 0) is 13.1 Å². The molecule has 1 heterocycles. The zero-order chi connectivity index (χ0) is 12.3. The molecule has 96 valence electrons. The third-order valence-corrected chi connectivity index (χ3v) is 3.06. The second kappa shape index (κ2) is 5.60. The van der Waals surface area contributed by atoms with E-state index in [1.807, 2.05) is 4.68 Å². The lowest BCUT2D eigenvalue weighted by Gasteiger charge is -2.21. The molecule has 2 N–H and O–H groups in total. The molecule has 17 heavy (non-hydrogen) atoms. The molecule has 2 rings (SSSR count). The van der Waals surface area contributed by atoms with Gasteiger partial charge in [0.25, 0.3) is 0 Å². The largest absolute Gasteiger partial charge is 0.329 e. The second-order valence-corrected chi connectivity index (χ2v) is 5.24. The molecule has 0 aliphatic heterocycles. The van der Waals surface area contributed by atoms with Crippen molar-refractivity contribution in [2.75, 3.05) is 13.1 Å². The monoisotopic (exact) mass is 237 g/mol. The summed E-state index contributed by atoms with van der Waals surface area (Å²) in [5, 5.41) is 4.30. The van der Waals surface area contributed by atoms with E-state index in [4.69, 9.17) is 5.73 Å². The highest BCUT2D eigenvalue weighted by Gasteiger charge is 2.29. The van der Waals surface area contributed by atoms with Crippen LogP contribution in [0.25, 0.3) is 0 Å². The van der Waals surface area contributed by atoms with Crippen LogP contribution in [-0.4, -0.2) is 38.8 Å². The molecular weight excluding hydrogens is 214 g/mol. The molecule has 1 aromatic heterocycles. The highest BCUT2D eigenvalue weighted by atomic mass is 15.4. The van der Waals surface area contributed by atoms with Gasteiger partial charge in [-0.2, -0.15) is 5.10 Å². The van der Waals surface area contributed by atoms with Crippen LogP contribution in [0.5, 0.6) is 0 Å². The fraction of sp³-hybridized carbons (Fsp3) is 0.833. The van der Waals surface area contributed by atoms with Gasteiger partial charge in [-0.1, -0.05) is 13.8 Å². The maximum atomic E-state index is 5.66. The van der Waals surface area contributed by atoms with Crippen LogP contribution in [0.15, 0.2) is 6.33 Å². The van der Waals surface area contributed by atoms with Gasteiger partial charge in [0, 0.05) is 25.7 Å². The van der Waals surface area contributed by atoms with Gasteiger partial charge >= 0.3 is 0 Å². The molecule has 5 heteroatoms. The number of hydrogen-bond acceptors (Lipinski definition) is 4. The molecule has 0 radical (unpaired) electrons. The van der Waals surface area contributed by atoms with Crippen LogP contribution in [0.4, 0.5) is 0 Å². The third-order valence-electron chi connectivity index (χ3n) is 3.06. The Morgan fingerprint density at radius 2 is 2.29 bits per heavy atom. The SMILES string of the molecule is CC(C)Cn1ncnc1CN(CCN)C1CC1. The average molecular weight is 237 g/mol. The van der Waals surface area contributed by atoms with E-state index in [-0.39, 0.29) is 0 Å². The van der Waals surface area contributed by atoms with E-state index in [9.17, 15) is 0 Å². The molecule has 0 bridgehead atoms. The normalized spacial score (nSPS) is 16.1. The van der Waals surface area contributed by atoms with Crippen LogP contribution in [0, 0.1) is 5.92 Å². The first kappa shape index (κ1) is 12.5. The predicted molar refractivity (Wildman–Crippen MR) is 67.3 cm³/mol. The smallest absolute Gasteiger partial charge is 0.141 e. The van der Waals surface area contributed by atoms with E-state index >= 15 is 0 Å². The molecule has 0 spiro atoms. The number of aromatic nitrogens is 3. The van der Waals surface area contributed by atoms with Crippen LogP contribution in [0.1, 0.15) is 32.5 Å². The Morgan fingerprint density at radius 1 is 1.53 bits per heavy atom. The van der Waals surface area contributed by atoms with E-state index in [1.165, 1.54) is 12.8 Å². The lowest BCUT2D eigenvalue weighted by Crippen LogP contribution is -2.32. The molecule has 0 saturated heterocycles. The molecule has 1 aliphatic carbocycles. The summed E-state index contributed by atoms with van der Waals surface area (Å²) in [7, 11) is 0. The van der Waals surface area contributed by atoms with Crippen molar-refractivity contribution in [3.05, 3.63) is 12.2 Å². The van der Waals surface area contributed by atoms with Crippen molar-refractivity contribution in [1.82, 2.24) is 19.7 Å². The number of hydrogen-bond donors (Lipinski definition) is 1. The lowest BCUT2D eigenvalue weighted by atomic mass is 10.2. The molecule has 0 amide bonds. The summed E-state index contributed by atoms with van der Waals surface area (Å²) in [6.07, 6.45) is 4.27. The predicted octanol–water partition coefficient (Wildman–Crippen LogP) is 0.857. The minimum atomic E-state index is 0.597. The average Bonchev–Trinajstić information content (AvgIpc) is 3.02. The third kappa shape index (κ3) is 3.51. The van der Waals surface area contributed by atoms with Crippen molar-refractivity contribution in [3.8, 4) is 0 Å². The first-order valence-corrected chi connectivity index (χ1v) is 6.51. The van der Waals surface area contributed by atoms with Gasteiger partial charge in [0.1, 0.15) is 12.2 Å². The van der Waals surface area contributed by atoms with E-state index < -0.39 is 0 Å². The van der Waals surface area contributed by atoms with Crippen LogP contribution < -0.4 is 5.73 Å². The van der Waals surface area contributed by atoms with Gasteiger partial charge in [0.2, 0.25) is 0 Å². The molecule has 0 atom stereocenters. The molecule has 5 nitrogen and oxygen atoms in total. The first-order chi connectivity index (χ1) is 8.20. The van der Waals surface area contributed by atoms with Gasteiger partial charge in [0.15, 0.2) is 0 Å². The van der Waals surface area contributed by atoms with Crippen molar-refractivity contribution in [1.29, 1.82) is 0 Å². The Balaban J connectivity index is 1.98. The van der Waals surface area contributed by atoms with Crippen molar-refractivity contribution in [2.24, 2.45) is 11.7 Å². The van der Waals surface area contributed by atoms with Crippen LogP contribution in [0.3, 0.4) is 0 Å². The standard InChI is InChI=1S/C12H23N5/c1-10(2)7-17-12(14-9-15-17)8-16(6-5-13)11-3-4-11/h9-11H,3-8,13H2,1-2H3. The molecular formula is C12H23N5. The highest BCUT2D eigenvalue weighted by molar-refractivity contribution is 4.91. The number of nitrogens with two attached hydrogens (primary N) is 1. The van der Waals surface area contributed by atoms with Crippen molar-refractivity contribution in [3.63, 3.8) is 0 Å². The molecule has 1 fully saturated rings. The minimum Gasteiger partial charge on any atom is -0.329 e. The first-order valence-electron chi connectivity index (χ1n) is 6.51. The molecule has 1 aromatic rings. The summed E-state index contributed by atoms with van der Waals surface area (Å²) in [6.45, 7) is 7.90. The molecule has 1 saturated carbocycles. The lowest BCUT2D eigenvalue weighted by molar-refractivity contribution is 0.248. The summed E-state index contributed by atoms with van der Waals surface area (Å²) in [6, 6.07) is 0.725. The van der Waals surface area contributed by atoms with Crippen LogP contribution in [0.2, 0.25) is 0 Å². The maximum Gasteiger partial charge on any atom is 0.141 e. The Morgan fingerprint density at radius 3 is 2.88 bits per heavy atom. The van der Waals surface area contributed by atoms with Crippen molar-refractivity contribution >= 4 is 0 Å². The van der Waals surface area contributed by atoms with E-state index in [1.54, 1.807) is 6.33 Å². The van der Waals surface area contributed by atoms with Gasteiger partial charge in [0.05, 0.1) is 6.54 Å². The van der Waals surface area contributed by atoms with Gasteiger partial charge in [-0.3, -0.25) is 4.90 Å². The molecule has 1 aliphatic rings. The molecule has 0 aromatic carbocycles. The maximum absolute atomic E-state index is 5.66. The topological polar surface area (TPSA) is 60.0 Å². The Labute approximate surface area is 103 Å². The van der Waals surface area contributed by atoms with E-state index in [0.29, 0.717) is 5.92 Å². The Bertz CT molecular complexity index is 342. The van der Waals surface area contributed by atoms with E-state index in [0.717, 1.165) is 38.0 Å². The van der Waals surface area contributed by atoms with Gasteiger partial charge < -0.3 is 5.73 Å². The zero-order valence-electron chi connectivity index (χ0n) is 10.8. The summed E-state index contributed by atoms with van der Waals surface area (Å²) in [5.74, 6) is 1.67. The minimum absolute atomic E-state index is 0.597. The number of nitrogens with zero attached hydrogens (tertiary/aromatic N) is 4. The molecule has 0 unspecified atom stereocenters. The van der Waals surface area contributed by atoms with Crippen molar-refractivity contribution in [2.45, 2.75) is 45.8 Å². The summed E-state index contributed by atoms with van der Waals surface area (Å²) in [4.78, 5) is 6.80. The highest BCUT2D eigenvalue weighted by Crippen LogP contribution is 2.27. The Kier molecular flexibility index (Phi) is 4.12. The Hall–Kier alpha value is -0.940. The second-order valence-electron chi connectivity index (χ2n) is 5.24. The van der Waals surface area contributed by atoms with Gasteiger partial charge in [-0.05, 0) is 18.8 Å². The summed E-state index contributed by atoms with van der Waals surface area (Å²) in [5.41, 5.74) is 5.66. The van der Waals surface area contributed by atoms with Crippen LogP contribution >= 0.6 is 0 Å². The fourth-order valence-corrected chi connectivity index (χ4v) is 2.09. The zero-order valence-corrected chi connectivity index (χ0v) is 10.8. The van der Waals surface area contributed by atoms with E-state index in [2.05, 4.69) is 28.8 Å². The summed E-state index contributed by atoms with van der Waals surface area (Å²) < 4.78 is 2.02. The number of rotatable bonds is 7. The van der Waals surface area contributed by atoms with Gasteiger partial charge in [-0.25, -0.2) is 9.67 Å². The summed E-state index contributed by atoms with van der Waals surface area (Å²) >= 11 is 0. The fourth-order valence-electron chi connectivity index (χ4n) is 2.09. The van der Waals surface area contributed by atoms with Gasteiger partial charge in [-0.15, -0.1) is 0 Å².